The third-order valence-electron chi connectivity index (χ3n) is 4.11. The summed E-state index contributed by atoms with van der Waals surface area (Å²) < 4.78 is 10.7. The summed E-state index contributed by atoms with van der Waals surface area (Å²) in [6.07, 6.45) is 1.44. The Balaban J connectivity index is 2.14. The topological polar surface area (TPSA) is 52.6 Å². The smallest absolute Gasteiger partial charge is 0.433 e. The number of hydrogen-bond donors (Lipinski definition) is 0. The summed E-state index contributed by atoms with van der Waals surface area (Å²) in [5.74, 6) is 0.423. The second-order valence-corrected chi connectivity index (χ2v) is 8.01. The molecular formula is C24H28O4. The fourth-order valence-electron chi connectivity index (χ4n) is 3.12. The molecule has 2 aromatic carbocycles. The number of carbonyl (C=O) groups excluding carboxylic acids is 2. The van der Waals surface area contributed by atoms with Crippen LogP contribution in [0, 0.1) is 11.3 Å². The number of hydrogen-bond acceptors (Lipinski definition) is 4. The molecule has 28 heavy (non-hydrogen) atoms. The number of ketones is 1. The van der Waals surface area contributed by atoms with E-state index in [0.717, 1.165) is 6.42 Å². The highest BCUT2D eigenvalue weighted by Crippen LogP contribution is 2.26. The van der Waals surface area contributed by atoms with Gasteiger partial charge in [0.2, 0.25) is 0 Å². The number of allylic oxidation sites excluding steroid dienone is 1. The van der Waals surface area contributed by atoms with E-state index >= 15 is 0 Å². The van der Waals surface area contributed by atoms with Crippen LogP contribution in [-0.4, -0.2) is 18.5 Å². The second kappa shape index (κ2) is 9.88. The molecule has 0 unspecified atom stereocenters. The van der Waals surface area contributed by atoms with Gasteiger partial charge in [0.1, 0.15) is 12.4 Å². The van der Waals surface area contributed by atoms with Crippen molar-refractivity contribution >= 4 is 17.7 Å². The summed E-state index contributed by atoms with van der Waals surface area (Å²) in [4.78, 5) is 24.8. The van der Waals surface area contributed by atoms with Crippen LogP contribution in [-0.2, 0) is 9.47 Å². The minimum atomic E-state index is -0.812. The first-order chi connectivity index (χ1) is 13.3. The Morgan fingerprint density at radius 1 is 0.929 bits per heavy atom. The fourth-order valence-corrected chi connectivity index (χ4v) is 3.12. The largest absolute Gasteiger partial charge is 0.513 e. The molecule has 0 radical (unpaired) electrons. The van der Waals surface area contributed by atoms with Gasteiger partial charge >= 0.3 is 6.16 Å². The van der Waals surface area contributed by atoms with Crippen LogP contribution in [0.25, 0.3) is 5.76 Å². The van der Waals surface area contributed by atoms with E-state index in [0.29, 0.717) is 17.0 Å². The fraction of sp³-hybridized carbons (Fsp3) is 0.333. The molecule has 4 heteroatoms. The van der Waals surface area contributed by atoms with E-state index in [-0.39, 0.29) is 23.6 Å². The number of rotatable bonds is 8. The Labute approximate surface area is 167 Å². The maximum atomic E-state index is 12.5. The Morgan fingerprint density at radius 3 is 2.00 bits per heavy atom. The molecule has 0 aliphatic heterocycles. The van der Waals surface area contributed by atoms with E-state index in [4.69, 9.17) is 9.47 Å². The molecule has 0 saturated carbocycles. The van der Waals surface area contributed by atoms with Crippen molar-refractivity contribution in [3.63, 3.8) is 0 Å². The average molecular weight is 380 g/mol. The first-order valence-electron chi connectivity index (χ1n) is 9.48. The highest BCUT2D eigenvalue weighted by molar-refractivity contribution is 6.08. The third-order valence-corrected chi connectivity index (χ3v) is 4.11. The van der Waals surface area contributed by atoms with Gasteiger partial charge in [0.05, 0.1) is 0 Å². The summed E-state index contributed by atoms with van der Waals surface area (Å²) in [6.45, 7) is 8.61. The summed E-state index contributed by atoms with van der Waals surface area (Å²) in [5.41, 5.74) is 1.00. The SMILES string of the molecule is CC(C)CC(C)(C)COC(=O)O/C(=C/C(=O)c1ccccc1)c1ccccc1. The van der Waals surface area contributed by atoms with Gasteiger partial charge in [-0.1, -0.05) is 88.4 Å². The van der Waals surface area contributed by atoms with Gasteiger partial charge in [0, 0.05) is 17.2 Å². The Hall–Kier alpha value is -2.88. The lowest BCUT2D eigenvalue weighted by atomic mass is 9.85. The summed E-state index contributed by atoms with van der Waals surface area (Å²) in [5, 5.41) is 0. The van der Waals surface area contributed by atoms with Crippen molar-refractivity contribution in [1.29, 1.82) is 0 Å². The van der Waals surface area contributed by atoms with Gasteiger partial charge in [-0.2, -0.15) is 0 Å². The maximum absolute atomic E-state index is 12.5. The molecule has 0 saturated heterocycles. The first kappa shape index (κ1) is 21.4. The average Bonchev–Trinajstić information content (AvgIpc) is 2.66. The highest BCUT2D eigenvalue weighted by Gasteiger charge is 2.23. The number of ether oxygens (including phenoxy) is 2. The van der Waals surface area contributed by atoms with Crippen LogP contribution in [0.2, 0.25) is 0 Å². The Morgan fingerprint density at radius 2 is 1.46 bits per heavy atom. The van der Waals surface area contributed by atoms with E-state index < -0.39 is 6.16 Å². The molecule has 0 amide bonds. The summed E-state index contributed by atoms with van der Waals surface area (Å²) in [7, 11) is 0. The van der Waals surface area contributed by atoms with E-state index in [1.807, 2.05) is 38.1 Å². The third kappa shape index (κ3) is 7.03. The predicted octanol–water partition coefficient (Wildman–Crippen LogP) is 6.14. The monoisotopic (exact) mass is 380 g/mol. The molecule has 0 heterocycles. The molecule has 0 spiro atoms. The Bertz CT molecular complexity index is 805. The van der Waals surface area contributed by atoms with E-state index in [1.54, 1.807) is 36.4 Å². The molecule has 2 rings (SSSR count). The summed E-state index contributed by atoms with van der Waals surface area (Å²) >= 11 is 0. The zero-order valence-electron chi connectivity index (χ0n) is 17.0. The Kier molecular flexibility index (Phi) is 7.56. The van der Waals surface area contributed by atoms with Crippen molar-refractivity contribution in [2.45, 2.75) is 34.1 Å². The molecule has 0 N–H and O–H groups in total. The van der Waals surface area contributed by atoms with Gasteiger partial charge in [0.25, 0.3) is 0 Å². The molecule has 148 valence electrons. The van der Waals surface area contributed by atoms with Gasteiger partial charge < -0.3 is 9.47 Å². The quantitative estimate of drug-likeness (QED) is 0.239. The molecule has 0 aliphatic carbocycles. The molecule has 0 atom stereocenters. The van der Waals surface area contributed by atoms with Crippen molar-refractivity contribution in [1.82, 2.24) is 0 Å². The van der Waals surface area contributed by atoms with Crippen LogP contribution in [0.5, 0.6) is 0 Å². The lowest BCUT2D eigenvalue weighted by molar-refractivity contribution is 0.0496. The lowest BCUT2D eigenvalue weighted by Crippen LogP contribution is -2.24. The van der Waals surface area contributed by atoms with Crippen LogP contribution < -0.4 is 0 Å². The molecule has 0 aliphatic rings. The maximum Gasteiger partial charge on any atom is 0.513 e. The summed E-state index contributed by atoms with van der Waals surface area (Å²) in [6, 6.07) is 17.9. The van der Waals surface area contributed by atoms with Gasteiger partial charge in [0.15, 0.2) is 5.78 Å². The van der Waals surface area contributed by atoms with E-state index in [2.05, 4.69) is 13.8 Å². The van der Waals surface area contributed by atoms with Crippen molar-refractivity contribution in [3.8, 4) is 0 Å². The molecular weight excluding hydrogens is 352 g/mol. The van der Waals surface area contributed by atoms with Crippen molar-refractivity contribution in [2.75, 3.05) is 6.61 Å². The van der Waals surface area contributed by atoms with Crippen LogP contribution in [0.15, 0.2) is 66.7 Å². The molecule has 0 bridgehead atoms. The lowest BCUT2D eigenvalue weighted by Gasteiger charge is -2.25. The van der Waals surface area contributed by atoms with Gasteiger partial charge in [-0.3, -0.25) is 4.79 Å². The van der Waals surface area contributed by atoms with Crippen LogP contribution >= 0.6 is 0 Å². The van der Waals surface area contributed by atoms with Gasteiger partial charge in [-0.15, -0.1) is 0 Å². The predicted molar refractivity (Wildman–Crippen MR) is 111 cm³/mol. The highest BCUT2D eigenvalue weighted by atomic mass is 16.7. The number of carbonyl (C=O) groups is 2. The van der Waals surface area contributed by atoms with Crippen molar-refractivity contribution < 1.29 is 19.1 Å². The normalized spacial score (nSPS) is 12.0. The zero-order chi connectivity index (χ0) is 20.6. The van der Waals surface area contributed by atoms with Crippen LogP contribution in [0.1, 0.15) is 50.0 Å². The standard InChI is InChI=1S/C24H28O4/c1-18(2)16-24(3,4)17-27-23(26)28-22(20-13-9-6-10-14-20)15-21(25)19-11-7-5-8-12-19/h5-15,18H,16-17H2,1-4H3/b22-15+. The minimum Gasteiger partial charge on any atom is -0.433 e. The van der Waals surface area contributed by atoms with Gasteiger partial charge in [-0.05, 0) is 17.8 Å². The van der Waals surface area contributed by atoms with Crippen molar-refractivity contribution in [2.24, 2.45) is 11.3 Å². The van der Waals surface area contributed by atoms with E-state index in [1.165, 1.54) is 6.08 Å². The van der Waals surface area contributed by atoms with Gasteiger partial charge in [-0.25, -0.2) is 4.79 Å². The molecule has 4 nitrogen and oxygen atoms in total. The second-order valence-electron chi connectivity index (χ2n) is 8.01. The van der Waals surface area contributed by atoms with Crippen LogP contribution in [0.3, 0.4) is 0 Å². The molecule has 0 fully saturated rings. The minimum absolute atomic E-state index is 0.149. The van der Waals surface area contributed by atoms with Crippen LogP contribution in [0.4, 0.5) is 4.79 Å². The van der Waals surface area contributed by atoms with E-state index in [9.17, 15) is 9.59 Å². The zero-order valence-corrected chi connectivity index (χ0v) is 17.0. The first-order valence-corrected chi connectivity index (χ1v) is 9.48. The molecule has 0 aromatic heterocycles. The van der Waals surface area contributed by atoms with Crippen molar-refractivity contribution in [3.05, 3.63) is 77.9 Å². The number of benzene rings is 2. The molecule has 2 aromatic rings.